The van der Waals surface area contributed by atoms with Gasteiger partial charge in [-0.2, -0.15) is 10.1 Å². The highest BCUT2D eigenvalue weighted by molar-refractivity contribution is 5.65. The van der Waals surface area contributed by atoms with Gasteiger partial charge in [-0.25, -0.2) is 0 Å². The van der Waals surface area contributed by atoms with Crippen LogP contribution in [0.2, 0.25) is 0 Å². The van der Waals surface area contributed by atoms with E-state index in [-0.39, 0.29) is 0 Å². The molecule has 5 heteroatoms. The highest BCUT2D eigenvalue weighted by Gasteiger charge is 2.08. The number of para-hydroxylation sites is 1. The van der Waals surface area contributed by atoms with E-state index in [1.807, 2.05) is 24.3 Å². The van der Waals surface area contributed by atoms with Crippen LogP contribution in [0, 0.1) is 6.92 Å². The summed E-state index contributed by atoms with van der Waals surface area (Å²) in [6, 6.07) is 14.5. The SMILES string of the molecule is CCc1cccc(CC)c1Nc1cnnc(Nc2ccc(C)cc2)n1. The summed E-state index contributed by atoms with van der Waals surface area (Å²) in [5.74, 6) is 1.15. The van der Waals surface area contributed by atoms with Gasteiger partial charge in [0.1, 0.15) is 0 Å². The molecule has 0 fully saturated rings. The molecule has 0 spiro atoms. The van der Waals surface area contributed by atoms with E-state index in [9.17, 15) is 0 Å². The van der Waals surface area contributed by atoms with Crippen LogP contribution in [0.25, 0.3) is 0 Å². The summed E-state index contributed by atoms with van der Waals surface area (Å²) in [5.41, 5.74) is 5.81. The minimum Gasteiger partial charge on any atom is -0.338 e. The molecule has 0 radical (unpaired) electrons. The fraction of sp³-hybridized carbons (Fsp3) is 0.250. The summed E-state index contributed by atoms with van der Waals surface area (Å²) < 4.78 is 0. The molecule has 0 saturated carbocycles. The second-order valence-corrected chi connectivity index (χ2v) is 5.94. The molecule has 2 aromatic carbocycles. The fourth-order valence-corrected chi connectivity index (χ4v) is 2.71. The molecule has 0 unspecified atom stereocenters. The summed E-state index contributed by atoms with van der Waals surface area (Å²) >= 11 is 0. The number of hydrogen-bond acceptors (Lipinski definition) is 5. The molecule has 0 aliphatic rings. The van der Waals surface area contributed by atoms with Gasteiger partial charge in [-0.3, -0.25) is 0 Å². The summed E-state index contributed by atoms with van der Waals surface area (Å²) in [6.45, 7) is 6.37. The molecule has 0 bridgehead atoms. The van der Waals surface area contributed by atoms with Crippen molar-refractivity contribution in [1.82, 2.24) is 15.2 Å². The number of rotatable bonds is 6. The molecule has 0 saturated heterocycles. The molecule has 128 valence electrons. The van der Waals surface area contributed by atoms with Gasteiger partial charge in [0.2, 0.25) is 5.95 Å². The van der Waals surface area contributed by atoms with E-state index in [0.717, 1.165) is 24.2 Å². The lowest BCUT2D eigenvalue weighted by atomic mass is 10.0. The first kappa shape index (κ1) is 16.9. The van der Waals surface area contributed by atoms with Crippen LogP contribution in [-0.2, 0) is 12.8 Å². The Labute approximate surface area is 148 Å². The van der Waals surface area contributed by atoms with Gasteiger partial charge >= 0.3 is 0 Å². The second kappa shape index (κ2) is 7.75. The van der Waals surface area contributed by atoms with Crippen molar-refractivity contribution in [2.75, 3.05) is 10.6 Å². The van der Waals surface area contributed by atoms with Gasteiger partial charge in [-0.1, -0.05) is 49.7 Å². The largest absolute Gasteiger partial charge is 0.338 e. The van der Waals surface area contributed by atoms with Crippen LogP contribution in [0.5, 0.6) is 0 Å². The fourth-order valence-electron chi connectivity index (χ4n) is 2.71. The predicted octanol–water partition coefficient (Wildman–Crippen LogP) is 4.79. The summed E-state index contributed by atoms with van der Waals surface area (Å²) in [6.07, 6.45) is 3.57. The van der Waals surface area contributed by atoms with Gasteiger partial charge in [-0.05, 0) is 43.0 Å². The van der Waals surface area contributed by atoms with Gasteiger partial charge in [-0.15, -0.1) is 5.10 Å². The summed E-state index contributed by atoms with van der Waals surface area (Å²) in [7, 11) is 0. The van der Waals surface area contributed by atoms with Gasteiger partial charge in [0.05, 0.1) is 6.20 Å². The Balaban J connectivity index is 1.84. The van der Waals surface area contributed by atoms with E-state index in [4.69, 9.17) is 0 Å². The Morgan fingerprint density at radius 1 is 0.880 bits per heavy atom. The summed E-state index contributed by atoms with van der Waals surface area (Å²) in [4.78, 5) is 4.54. The van der Waals surface area contributed by atoms with Crippen molar-refractivity contribution < 1.29 is 0 Å². The van der Waals surface area contributed by atoms with Crippen molar-refractivity contribution in [2.45, 2.75) is 33.6 Å². The topological polar surface area (TPSA) is 62.7 Å². The quantitative estimate of drug-likeness (QED) is 0.679. The Morgan fingerprint density at radius 3 is 2.20 bits per heavy atom. The average molecular weight is 333 g/mol. The zero-order valence-corrected chi connectivity index (χ0v) is 14.9. The highest BCUT2D eigenvalue weighted by Crippen LogP contribution is 2.26. The van der Waals surface area contributed by atoms with Crippen LogP contribution >= 0.6 is 0 Å². The van der Waals surface area contributed by atoms with Crippen molar-refractivity contribution in [1.29, 1.82) is 0 Å². The minimum atomic E-state index is 0.473. The molecule has 1 heterocycles. The number of aromatic nitrogens is 3. The summed E-state index contributed by atoms with van der Waals surface area (Å²) in [5, 5.41) is 14.8. The lowest BCUT2D eigenvalue weighted by Crippen LogP contribution is -2.05. The van der Waals surface area contributed by atoms with Gasteiger partial charge in [0, 0.05) is 11.4 Å². The maximum atomic E-state index is 4.54. The van der Waals surface area contributed by atoms with Crippen molar-refractivity contribution in [2.24, 2.45) is 0 Å². The van der Waals surface area contributed by atoms with Crippen molar-refractivity contribution >= 4 is 23.1 Å². The third-order valence-corrected chi connectivity index (χ3v) is 4.12. The number of nitrogens with zero attached hydrogens (tertiary/aromatic N) is 3. The van der Waals surface area contributed by atoms with Gasteiger partial charge < -0.3 is 10.6 Å². The van der Waals surface area contributed by atoms with Gasteiger partial charge in [0.15, 0.2) is 5.82 Å². The Morgan fingerprint density at radius 2 is 1.56 bits per heavy atom. The Kier molecular flexibility index (Phi) is 5.23. The van der Waals surface area contributed by atoms with E-state index < -0.39 is 0 Å². The van der Waals surface area contributed by atoms with Crippen molar-refractivity contribution in [3.63, 3.8) is 0 Å². The van der Waals surface area contributed by atoms with E-state index in [2.05, 4.69) is 64.8 Å². The molecule has 0 aliphatic heterocycles. The first-order valence-electron chi connectivity index (χ1n) is 8.60. The van der Waals surface area contributed by atoms with Crippen molar-refractivity contribution in [3.05, 3.63) is 65.4 Å². The first-order valence-corrected chi connectivity index (χ1v) is 8.60. The van der Waals surface area contributed by atoms with Crippen LogP contribution in [0.4, 0.5) is 23.1 Å². The van der Waals surface area contributed by atoms with E-state index >= 15 is 0 Å². The number of nitrogens with one attached hydrogen (secondary N) is 2. The Bertz CT molecular complexity index is 821. The molecular formula is C20H23N5. The molecule has 3 rings (SSSR count). The standard InChI is InChI=1S/C20H23N5/c1-4-15-7-6-8-16(5-2)19(15)23-18-13-21-25-20(24-18)22-17-11-9-14(3)10-12-17/h6-13H,4-5H2,1-3H3,(H2,22,23,24,25). The van der Waals surface area contributed by atoms with Crippen molar-refractivity contribution in [3.8, 4) is 0 Å². The maximum absolute atomic E-state index is 4.54. The van der Waals surface area contributed by atoms with Crippen LogP contribution in [0.1, 0.15) is 30.5 Å². The average Bonchev–Trinajstić information content (AvgIpc) is 2.64. The number of aryl methyl sites for hydroxylation is 3. The first-order chi connectivity index (χ1) is 12.2. The third kappa shape index (κ3) is 4.12. The molecular weight excluding hydrogens is 310 g/mol. The van der Waals surface area contributed by atoms with E-state index in [1.165, 1.54) is 16.7 Å². The van der Waals surface area contributed by atoms with Crippen LogP contribution < -0.4 is 10.6 Å². The number of anilines is 4. The zero-order chi connectivity index (χ0) is 17.6. The van der Waals surface area contributed by atoms with Crippen LogP contribution in [0.15, 0.2) is 48.7 Å². The molecule has 1 aromatic heterocycles. The highest BCUT2D eigenvalue weighted by atomic mass is 15.3. The molecule has 25 heavy (non-hydrogen) atoms. The monoisotopic (exact) mass is 333 g/mol. The third-order valence-electron chi connectivity index (χ3n) is 4.12. The lowest BCUT2D eigenvalue weighted by molar-refractivity contribution is 0.979. The molecule has 2 N–H and O–H groups in total. The zero-order valence-electron chi connectivity index (χ0n) is 14.9. The molecule has 0 aliphatic carbocycles. The smallest absolute Gasteiger partial charge is 0.249 e. The molecule has 5 nitrogen and oxygen atoms in total. The normalized spacial score (nSPS) is 10.5. The predicted molar refractivity (Wildman–Crippen MR) is 103 cm³/mol. The van der Waals surface area contributed by atoms with Crippen LogP contribution in [-0.4, -0.2) is 15.2 Å². The minimum absolute atomic E-state index is 0.473. The second-order valence-electron chi connectivity index (χ2n) is 5.94. The van der Waals surface area contributed by atoms with Crippen LogP contribution in [0.3, 0.4) is 0 Å². The number of hydrogen-bond donors (Lipinski definition) is 2. The lowest BCUT2D eigenvalue weighted by Gasteiger charge is -2.15. The maximum Gasteiger partial charge on any atom is 0.249 e. The Hall–Kier alpha value is -2.95. The molecule has 3 aromatic rings. The molecule has 0 amide bonds. The van der Waals surface area contributed by atoms with E-state index in [1.54, 1.807) is 6.20 Å². The number of benzene rings is 2. The van der Waals surface area contributed by atoms with E-state index in [0.29, 0.717) is 11.8 Å². The molecule has 0 atom stereocenters. The van der Waals surface area contributed by atoms with Gasteiger partial charge in [0.25, 0.3) is 0 Å².